The summed E-state index contributed by atoms with van der Waals surface area (Å²) < 4.78 is 0. The van der Waals surface area contributed by atoms with Crippen LogP contribution in [0.3, 0.4) is 0 Å². The summed E-state index contributed by atoms with van der Waals surface area (Å²) >= 11 is 0.739. The number of hydrogen-bond acceptors (Lipinski definition) is 2. The molecule has 0 bridgehead atoms. The molecule has 0 saturated carbocycles. The molecule has 0 aliphatic rings. The van der Waals surface area contributed by atoms with E-state index in [1.54, 1.807) is 12.1 Å². The minimum atomic E-state index is -0.0967. The van der Waals surface area contributed by atoms with Gasteiger partial charge >= 0.3 is 0 Å². The van der Waals surface area contributed by atoms with E-state index in [0.29, 0.717) is 5.56 Å². The van der Waals surface area contributed by atoms with Crippen molar-refractivity contribution in [3.63, 3.8) is 0 Å². The van der Waals surface area contributed by atoms with Crippen LogP contribution in [-0.2, 0) is 0 Å². The molecule has 0 heterocycles. The van der Waals surface area contributed by atoms with Crippen molar-refractivity contribution < 1.29 is 4.79 Å². The molecule has 0 unspecified atom stereocenters. The van der Waals surface area contributed by atoms with Crippen molar-refractivity contribution >= 4 is 23.9 Å². The van der Waals surface area contributed by atoms with E-state index in [-0.39, 0.29) is 5.12 Å². The lowest BCUT2D eigenvalue weighted by atomic mass is 10.2. The highest BCUT2D eigenvalue weighted by Gasteiger charge is 1.98. The molecule has 0 spiro atoms. The van der Waals surface area contributed by atoms with Crippen molar-refractivity contribution in [1.29, 1.82) is 0 Å². The second-order valence-corrected chi connectivity index (χ2v) is 2.38. The molecule has 0 aliphatic carbocycles. The smallest absolute Gasteiger partial charge is 0.207 e. The third-order valence-electron chi connectivity index (χ3n) is 1.12. The van der Waals surface area contributed by atoms with E-state index in [2.05, 4.69) is 0 Å². The third kappa shape index (κ3) is 1.64. The molecule has 2 radical (unpaired) electrons. The first-order chi connectivity index (χ1) is 4.84. The third-order valence-corrected chi connectivity index (χ3v) is 1.57. The molecule has 0 aliphatic heterocycles. The summed E-state index contributed by atoms with van der Waals surface area (Å²) in [5.41, 5.74) is 0.648. The second kappa shape index (κ2) is 3.47. The molecular formula is C7H5BOS. The molecule has 0 fully saturated rings. The number of rotatable bonds is 1. The van der Waals surface area contributed by atoms with Gasteiger partial charge in [-0.1, -0.05) is 30.3 Å². The minimum Gasteiger partial charge on any atom is -0.283 e. The molecule has 10 heavy (non-hydrogen) atoms. The van der Waals surface area contributed by atoms with Crippen LogP contribution in [0.2, 0.25) is 0 Å². The molecule has 0 atom stereocenters. The summed E-state index contributed by atoms with van der Waals surface area (Å²) in [7, 11) is 5.07. The van der Waals surface area contributed by atoms with Crippen LogP contribution in [0.25, 0.3) is 0 Å². The largest absolute Gasteiger partial charge is 0.283 e. The van der Waals surface area contributed by atoms with Crippen LogP contribution in [0.15, 0.2) is 30.3 Å². The summed E-state index contributed by atoms with van der Waals surface area (Å²) in [5, 5.41) is -0.0967. The Labute approximate surface area is 65.1 Å². The summed E-state index contributed by atoms with van der Waals surface area (Å²) in [6.45, 7) is 0. The Morgan fingerprint density at radius 2 is 1.90 bits per heavy atom. The monoisotopic (exact) mass is 148 g/mol. The summed E-state index contributed by atoms with van der Waals surface area (Å²) in [4.78, 5) is 10.9. The number of hydrogen-bond donors (Lipinski definition) is 0. The van der Waals surface area contributed by atoms with Crippen molar-refractivity contribution in [3.8, 4) is 0 Å². The molecule has 1 nitrogen and oxygen atoms in total. The topological polar surface area (TPSA) is 17.1 Å². The fourth-order valence-corrected chi connectivity index (χ4v) is 0.914. The van der Waals surface area contributed by atoms with Crippen LogP contribution < -0.4 is 0 Å². The zero-order valence-corrected chi connectivity index (χ0v) is 6.10. The molecule has 1 aromatic rings. The van der Waals surface area contributed by atoms with Crippen LogP contribution in [0.5, 0.6) is 0 Å². The molecular weight excluding hydrogens is 143 g/mol. The maximum Gasteiger partial charge on any atom is 0.207 e. The number of carbonyl (C=O) groups excluding carboxylic acids is 1. The van der Waals surface area contributed by atoms with Gasteiger partial charge in [-0.25, -0.2) is 0 Å². The Hall–Kier alpha value is -0.695. The standard InChI is InChI=1S/C7H5BOS/c8-10-7(9)6-4-2-1-3-5-6/h1-5H. The molecule has 0 amide bonds. The molecule has 1 rings (SSSR count). The molecule has 3 heteroatoms. The predicted octanol–water partition coefficient (Wildman–Crippen LogP) is 1.64. The lowest BCUT2D eigenvalue weighted by molar-refractivity contribution is 0.109. The lowest BCUT2D eigenvalue weighted by Crippen LogP contribution is -1.90. The van der Waals surface area contributed by atoms with Gasteiger partial charge in [-0.3, -0.25) is 4.79 Å². The van der Waals surface area contributed by atoms with Gasteiger partial charge in [0.1, 0.15) is 0 Å². The van der Waals surface area contributed by atoms with Gasteiger partial charge in [-0.15, -0.1) is 0 Å². The van der Waals surface area contributed by atoms with Gasteiger partial charge in [-0.2, -0.15) is 11.6 Å². The Balaban J connectivity index is 2.85. The first kappa shape index (κ1) is 7.41. The number of carbonyl (C=O) groups is 1. The van der Waals surface area contributed by atoms with E-state index >= 15 is 0 Å². The zero-order valence-electron chi connectivity index (χ0n) is 5.28. The molecule has 0 aromatic heterocycles. The van der Waals surface area contributed by atoms with Gasteiger partial charge in [0.2, 0.25) is 5.12 Å². The van der Waals surface area contributed by atoms with Crippen molar-refractivity contribution in [2.45, 2.75) is 0 Å². The first-order valence-corrected chi connectivity index (χ1v) is 3.68. The minimum absolute atomic E-state index is 0.0967. The molecule has 0 N–H and O–H groups in total. The fraction of sp³-hybridized carbons (Fsp3) is 0. The van der Waals surface area contributed by atoms with Crippen molar-refractivity contribution in [2.75, 3.05) is 0 Å². The molecule has 1 aromatic carbocycles. The number of benzene rings is 1. The van der Waals surface area contributed by atoms with Crippen molar-refractivity contribution in [1.82, 2.24) is 0 Å². The Morgan fingerprint density at radius 1 is 1.30 bits per heavy atom. The first-order valence-electron chi connectivity index (χ1n) is 2.80. The van der Waals surface area contributed by atoms with E-state index in [1.165, 1.54) is 0 Å². The van der Waals surface area contributed by atoms with Crippen LogP contribution in [-0.4, -0.2) is 12.2 Å². The van der Waals surface area contributed by atoms with Crippen LogP contribution in [0.1, 0.15) is 10.4 Å². The Morgan fingerprint density at radius 3 is 2.40 bits per heavy atom. The van der Waals surface area contributed by atoms with Gasteiger partial charge in [-0.05, 0) is 0 Å². The Bertz CT molecular complexity index is 222. The lowest BCUT2D eigenvalue weighted by Gasteiger charge is -1.93. The fourth-order valence-electron chi connectivity index (χ4n) is 0.642. The van der Waals surface area contributed by atoms with Crippen molar-refractivity contribution in [3.05, 3.63) is 35.9 Å². The van der Waals surface area contributed by atoms with Crippen LogP contribution in [0.4, 0.5) is 0 Å². The maximum absolute atomic E-state index is 10.9. The highest BCUT2D eigenvalue weighted by Crippen LogP contribution is 2.06. The van der Waals surface area contributed by atoms with Gasteiger partial charge in [0, 0.05) is 5.56 Å². The van der Waals surface area contributed by atoms with Gasteiger partial charge < -0.3 is 0 Å². The average molecular weight is 148 g/mol. The molecule has 0 saturated heterocycles. The normalized spacial score (nSPS) is 9.20. The van der Waals surface area contributed by atoms with Gasteiger partial charge in [0.05, 0.1) is 0 Å². The second-order valence-electron chi connectivity index (χ2n) is 1.77. The van der Waals surface area contributed by atoms with Crippen LogP contribution in [0, 0.1) is 0 Å². The van der Waals surface area contributed by atoms with Gasteiger partial charge in [0.15, 0.2) is 7.12 Å². The van der Waals surface area contributed by atoms with Crippen molar-refractivity contribution in [2.24, 2.45) is 0 Å². The average Bonchev–Trinajstić information content (AvgIpc) is 2.05. The maximum atomic E-state index is 10.9. The van der Waals surface area contributed by atoms with E-state index in [4.69, 9.17) is 7.12 Å². The van der Waals surface area contributed by atoms with E-state index in [1.807, 2.05) is 18.2 Å². The molecule has 48 valence electrons. The van der Waals surface area contributed by atoms with E-state index in [0.717, 1.165) is 11.6 Å². The summed E-state index contributed by atoms with van der Waals surface area (Å²) in [5.74, 6) is 0. The highest BCUT2D eigenvalue weighted by molar-refractivity contribution is 8.31. The predicted molar refractivity (Wildman–Crippen MR) is 44.1 cm³/mol. The van der Waals surface area contributed by atoms with E-state index in [9.17, 15) is 4.79 Å². The Kier molecular flexibility index (Phi) is 2.57. The zero-order chi connectivity index (χ0) is 7.40. The summed E-state index contributed by atoms with van der Waals surface area (Å²) in [6.07, 6.45) is 0. The van der Waals surface area contributed by atoms with Gasteiger partial charge in [0.25, 0.3) is 0 Å². The quantitative estimate of drug-likeness (QED) is 0.563. The van der Waals surface area contributed by atoms with Crippen LogP contribution >= 0.6 is 11.6 Å². The SMILES string of the molecule is [B]SC(=O)c1ccccc1. The summed E-state index contributed by atoms with van der Waals surface area (Å²) in [6, 6.07) is 8.95. The van der Waals surface area contributed by atoms with E-state index < -0.39 is 0 Å². The highest BCUT2D eigenvalue weighted by atomic mass is 32.2.